The van der Waals surface area contributed by atoms with E-state index < -0.39 is 6.04 Å². The molecule has 0 bridgehead atoms. The topological polar surface area (TPSA) is 58.6 Å². The minimum Gasteiger partial charge on any atom is -0.494 e. The number of anilines is 1. The molecule has 0 saturated heterocycles. The van der Waals surface area contributed by atoms with Gasteiger partial charge >= 0.3 is 0 Å². The summed E-state index contributed by atoms with van der Waals surface area (Å²) in [6.07, 6.45) is 0.606. The Labute approximate surface area is 168 Å². The number of benzene rings is 2. The molecule has 0 saturated carbocycles. The Balaban J connectivity index is 1.73. The zero-order valence-corrected chi connectivity index (χ0v) is 16.6. The van der Waals surface area contributed by atoms with Gasteiger partial charge in [0.25, 0.3) is 5.91 Å². The van der Waals surface area contributed by atoms with Crippen LogP contribution in [0.15, 0.2) is 36.4 Å². The van der Waals surface area contributed by atoms with Crippen molar-refractivity contribution in [2.24, 2.45) is 0 Å². The highest BCUT2D eigenvalue weighted by atomic mass is 35.5. The lowest BCUT2D eigenvalue weighted by Gasteiger charge is -2.19. The van der Waals surface area contributed by atoms with E-state index in [-0.39, 0.29) is 11.8 Å². The third-order valence-corrected chi connectivity index (χ3v) is 4.95. The maximum Gasteiger partial charge on any atom is 0.254 e. The van der Waals surface area contributed by atoms with Gasteiger partial charge in [0.1, 0.15) is 11.8 Å². The lowest BCUT2D eigenvalue weighted by molar-refractivity contribution is -0.126. The number of carbonyl (C=O) groups is 2. The fraction of sp³-hybridized carbons (Fsp3) is 0.300. The summed E-state index contributed by atoms with van der Waals surface area (Å²) in [7, 11) is 0. The summed E-state index contributed by atoms with van der Waals surface area (Å²) in [5.41, 5.74) is 2.23. The molecule has 0 fully saturated rings. The standard InChI is InChI=1S/C20H20Cl2N2O3/c1-12-5-3-6-14(11-12)27-10-4-9-24-19-16(22)8-7-15(21)17(19)18(20(24)26)23-13(2)25/h3,5-8,11,18H,4,9-10H2,1-2H3,(H,23,25). The van der Waals surface area contributed by atoms with Crippen LogP contribution in [-0.2, 0) is 9.59 Å². The molecule has 2 aromatic rings. The van der Waals surface area contributed by atoms with Crippen molar-refractivity contribution < 1.29 is 14.3 Å². The molecular weight excluding hydrogens is 387 g/mol. The van der Waals surface area contributed by atoms with Crippen LogP contribution in [0.4, 0.5) is 5.69 Å². The van der Waals surface area contributed by atoms with Crippen LogP contribution in [0.3, 0.4) is 0 Å². The lowest BCUT2D eigenvalue weighted by Crippen LogP contribution is -2.37. The van der Waals surface area contributed by atoms with Crippen LogP contribution < -0.4 is 15.0 Å². The number of nitrogens with zero attached hydrogens (tertiary/aromatic N) is 1. The first-order chi connectivity index (χ1) is 12.9. The van der Waals surface area contributed by atoms with Gasteiger partial charge in [-0.25, -0.2) is 0 Å². The smallest absolute Gasteiger partial charge is 0.254 e. The van der Waals surface area contributed by atoms with Crippen LogP contribution in [0.25, 0.3) is 0 Å². The predicted octanol–water partition coefficient (Wildman–Crippen LogP) is 4.29. The normalized spacial score (nSPS) is 15.6. The Hall–Kier alpha value is -2.24. The van der Waals surface area contributed by atoms with E-state index in [1.165, 1.54) is 6.92 Å². The molecule has 0 aliphatic carbocycles. The fourth-order valence-corrected chi connectivity index (χ4v) is 3.70. The number of fused-ring (bicyclic) bond motifs is 1. The van der Waals surface area contributed by atoms with Crippen LogP contribution in [0.5, 0.6) is 5.75 Å². The first-order valence-corrected chi connectivity index (χ1v) is 9.40. The molecule has 1 atom stereocenters. The van der Waals surface area contributed by atoms with Gasteiger partial charge < -0.3 is 15.0 Å². The molecule has 0 spiro atoms. The van der Waals surface area contributed by atoms with Crippen molar-refractivity contribution in [3.8, 4) is 5.75 Å². The first kappa shape index (κ1) is 19.5. The first-order valence-electron chi connectivity index (χ1n) is 8.64. The molecule has 1 N–H and O–H groups in total. The summed E-state index contributed by atoms with van der Waals surface area (Å²) in [5.74, 6) is 0.242. The van der Waals surface area contributed by atoms with Crippen molar-refractivity contribution in [1.82, 2.24) is 5.32 Å². The van der Waals surface area contributed by atoms with Gasteiger partial charge in [0.15, 0.2) is 0 Å². The van der Waals surface area contributed by atoms with Gasteiger partial charge in [0.2, 0.25) is 5.91 Å². The Bertz CT molecular complexity index is 886. The Morgan fingerprint density at radius 3 is 2.67 bits per heavy atom. The second kappa shape index (κ2) is 8.19. The van der Waals surface area contributed by atoms with Crippen LogP contribution in [-0.4, -0.2) is 25.0 Å². The molecule has 5 nitrogen and oxygen atoms in total. The van der Waals surface area contributed by atoms with E-state index in [4.69, 9.17) is 27.9 Å². The number of hydrogen-bond donors (Lipinski definition) is 1. The number of halogens is 2. The number of carbonyl (C=O) groups excluding carboxylic acids is 2. The second-order valence-electron chi connectivity index (χ2n) is 6.43. The van der Waals surface area contributed by atoms with Gasteiger partial charge in [-0.15, -0.1) is 0 Å². The average Bonchev–Trinajstić information content (AvgIpc) is 2.88. The van der Waals surface area contributed by atoms with Gasteiger partial charge in [-0.05, 0) is 43.2 Å². The molecule has 2 amide bonds. The van der Waals surface area contributed by atoms with E-state index in [2.05, 4.69) is 5.32 Å². The van der Waals surface area contributed by atoms with Gasteiger partial charge in [-0.1, -0.05) is 35.3 Å². The van der Waals surface area contributed by atoms with E-state index in [0.29, 0.717) is 40.9 Å². The van der Waals surface area contributed by atoms with Crippen molar-refractivity contribution in [3.63, 3.8) is 0 Å². The lowest BCUT2D eigenvalue weighted by atomic mass is 10.1. The van der Waals surface area contributed by atoms with Gasteiger partial charge in [0.05, 0.1) is 17.3 Å². The van der Waals surface area contributed by atoms with E-state index in [0.717, 1.165) is 11.3 Å². The Kier molecular flexibility index (Phi) is 5.92. The van der Waals surface area contributed by atoms with Crippen LogP contribution in [0, 0.1) is 6.92 Å². The largest absolute Gasteiger partial charge is 0.494 e. The SMILES string of the molecule is CC(=O)NC1C(=O)N(CCCOc2cccc(C)c2)c2c(Cl)ccc(Cl)c21. The third kappa shape index (κ3) is 4.20. The van der Waals surface area contributed by atoms with Crippen molar-refractivity contribution >= 4 is 40.7 Å². The highest BCUT2D eigenvalue weighted by Crippen LogP contribution is 2.44. The van der Waals surface area contributed by atoms with E-state index >= 15 is 0 Å². The van der Waals surface area contributed by atoms with Crippen molar-refractivity contribution in [2.75, 3.05) is 18.1 Å². The summed E-state index contributed by atoms with van der Waals surface area (Å²) in [6.45, 7) is 4.23. The summed E-state index contributed by atoms with van der Waals surface area (Å²) in [4.78, 5) is 26.0. The average molecular weight is 407 g/mol. The number of aryl methyl sites for hydroxylation is 1. The van der Waals surface area contributed by atoms with Crippen molar-refractivity contribution in [1.29, 1.82) is 0 Å². The summed E-state index contributed by atoms with van der Waals surface area (Å²) in [6, 6.07) is 10.3. The quantitative estimate of drug-likeness (QED) is 0.727. The van der Waals surface area contributed by atoms with Crippen LogP contribution >= 0.6 is 23.2 Å². The van der Waals surface area contributed by atoms with E-state index in [9.17, 15) is 9.59 Å². The van der Waals surface area contributed by atoms with Crippen molar-refractivity contribution in [3.05, 3.63) is 57.6 Å². The molecule has 1 aliphatic rings. The number of rotatable bonds is 6. The van der Waals surface area contributed by atoms with Gasteiger partial charge in [0, 0.05) is 24.1 Å². The summed E-state index contributed by atoms with van der Waals surface area (Å²) < 4.78 is 5.75. The number of hydrogen-bond acceptors (Lipinski definition) is 3. The monoisotopic (exact) mass is 406 g/mol. The van der Waals surface area contributed by atoms with Crippen LogP contribution in [0.1, 0.15) is 30.5 Å². The zero-order chi connectivity index (χ0) is 19.6. The molecule has 142 valence electrons. The number of amides is 2. The number of ether oxygens (including phenoxy) is 1. The second-order valence-corrected chi connectivity index (χ2v) is 7.25. The Morgan fingerprint density at radius 1 is 1.22 bits per heavy atom. The highest BCUT2D eigenvalue weighted by Gasteiger charge is 2.40. The predicted molar refractivity (Wildman–Crippen MR) is 107 cm³/mol. The molecule has 0 aromatic heterocycles. The third-order valence-electron chi connectivity index (χ3n) is 4.32. The van der Waals surface area contributed by atoms with E-state index in [1.54, 1.807) is 17.0 Å². The summed E-state index contributed by atoms with van der Waals surface area (Å²) in [5, 5.41) is 3.49. The van der Waals surface area contributed by atoms with Crippen molar-refractivity contribution in [2.45, 2.75) is 26.3 Å². The Morgan fingerprint density at radius 2 is 1.96 bits per heavy atom. The molecule has 1 unspecified atom stereocenters. The van der Waals surface area contributed by atoms with Crippen LogP contribution in [0.2, 0.25) is 10.0 Å². The molecule has 0 radical (unpaired) electrons. The molecule has 2 aromatic carbocycles. The zero-order valence-electron chi connectivity index (χ0n) is 15.1. The number of nitrogens with one attached hydrogen (secondary N) is 1. The van der Waals surface area contributed by atoms with E-state index in [1.807, 2.05) is 31.2 Å². The molecule has 7 heteroatoms. The molecule has 1 heterocycles. The molecule has 1 aliphatic heterocycles. The molecular formula is C20H20Cl2N2O3. The molecule has 27 heavy (non-hydrogen) atoms. The summed E-state index contributed by atoms with van der Waals surface area (Å²) >= 11 is 12.6. The molecule has 3 rings (SSSR count). The minimum absolute atomic E-state index is 0.245. The maximum absolute atomic E-state index is 12.9. The minimum atomic E-state index is -0.818. The van der Waals surface area contributed by atoms with Gasteiger partial charge in [-0.3, -0.25) is 9.59 Å². The fourth-order valence-electron chi connectivity index (χ4n) is 3.17. The maximum atomic E-state index is 12.9. The van der Waals surface area contributed by atoms with Gasteiger partial charge in [-0.2, -0.15) is 0 Å². The highest BCUT2D eigenvalue weighted by molar-refractivity contribution is 6.38.